The molecular weight excluding hydrogens is 290 g/mol. The zero-order valence-corrected chi connectivity index (χ0v) is 13.9. The van der Waals surface area contributed by atoms with Gasteiger partial charge in [0.15, 0.2) is 0 Å². The van der Waals surface area contributed by atoms with E-state index in [9.17, 15) is 4.79 Å². The molecule has 1 aromatic carbocycles. The van der Waals surface area contributed by atoms with E-state index < -0.39 is 0 Å². The lowest BCUT2D eigenvalue weighted by molar-refractivity contribution is -0.149. The molecule has 1 aliphatic heterocycles. The smallest absolute Gasteiger partial charge is 0.309 e. The lowest BCUT2D eigenvalue weighted by Gasteiger charge is -2.35. The summed E-state index contributed by atoms with van der Waals surface area (Å²) < 4.78 is 11.0. The highest BCUT2D eigenvalue weighted by atomic mass is 16.5. The number of benzene rings is 1. The number of esters is 1. The second-order valence-corrected chi connectivity index (χ2v) is 6.77. The van der Waals surface area contributed by atoms with Gasteiger partial charge >= 0.3 is 5.97 Å². The summed E-state index contributed by atoms with van der Waals surface area (Å²) in [6.45, 7) is 2.12. The van der Waals surface area contributed by atoms with E-state index in [4.69, 9.17) is 9.47 Å². The van der Waals surface area contributed by atoms with Crippen LogP contribution >= 0.6 is 0 Å². The Bertz CT molecular complexity index is 499. The van der Waals surface area contributed by atoms with E-state index in [0.29, 0.717) is 18.7 Å². The lowest BCUT2D eigenvalue weighted by Crippen LogP contribution is -2.42. The normalized spacial score (nSPS) is 25.7. The predicted octanol–water partition coefficient (Wildman–Crippen LogP) is 3.01. The van der Waals surface area contributed by atoms with Crippen molar-refractivity contribution in [2.24, 2.45) is 5.92 Å². The Hall–Kier alpha value is -1.39. The molecule has 4 heteroatoms. The molecule has 4 nitrogen and oxygen atoms in total. The van der Waals surface area contributed by atoms with E-state index in [-0.39, 0.29) is 11.9 Å². The molecule has 1 aliphatic carbocycles. The first-order chi connectivity index (χ1) is 11.2. The molecule has 0 aromatic heterocycles. The van der Waals surface area contributed by atoms with Gasteiger partial charge in [-0.1, -0.05) is 30.3 Å². The minimum atomic E-state index is -0.0308. The highest BCUT2D eigenvalue weighted by molar-refractivity contribution is 5.72. The third-order valence-electron chi connectivity index (χ3n) is 5.30. The van der Waals surface area contributed by atoms with E-state index in [1.54, 1.807) is 0 Å². The fourth-order valence-electron chi connectivity index (χ4n) is 3.78. The molecule has 2 fully saturated rings. The van der Waals surface area contributed by atoms with Crippen molar-refractivity contribution in [2.75, 3.05) is 20.3 Å². The van der Waals surface area contributed by atoms with Crippen molar-refractivity contribution in [1.29, 1.82) is 0 Å². The monoisotopic (exact) mass is 317 g/mol. The van der Waals surface area contributed by atoms with Gasteiger partial charge in [-0.3, -0.25) is 4.79 Å². The van der Waals surface area contributed by atoms with Gasteiger partial charge in [-0.05, 0) is 44.7 Å². The van der Waals surface area contributed by atoms with Crippen LogP contribution in [0.5, 0.6) is 0 Å². The Morgan fingerprint density at radius 1 is 1.13 bits per heavy atom. The van der Waals surface area contributed by atoms with Crippen LogP contribution in [-0.4, -0.2) is 43.2 Å². The number of ether oxygens (including phenoxy) is 2. The third-order valence-corrected chi connectivity index (χ3v) is 5.30. The van der Waals surface area contributed by atoms with Gasteiger partial charge in [0.05, 0.1) is 5.92 Å². The summed E-state index contributed by atoms with van der Waals surface area (Å²) in [5, 5.41) is 0. The minimum absolute atomic E-state index is 0.0308. The second kappa shape index (κ2) is 7.93. The van der Waals surface area contributed by atoms with Crippen LogP contribution in [0, 0.1) is 5.92 Å². The molecule has 2 aliphatic rings. The molecule has 1 saturated heterocycles. The van der Waals surface area contributed by atoms with Crippen LogP contribution in [0.3, 0.4) is 0 Å². The lowest BCUT2D eigenvalue weighted by atomic mass is 10.0. The molecule has 1 aromatic rings. The number of nitrogens with zero attached hydrogens (tertiary/aromatic N) is 1. The molecular formula is C19H27NO3. The van der Waals surface area contributed by atoms with Gasteiger partial charge in [0.2, 0.25) is 0 Å². The molecule has 3 rings (SSSR count). The standard InChI is InChI=1S/C19H27NO3/c1-20(17-9-11-22-12-10-17)18-8-7-16(13-18)19(21)23-14-15-5-3-2-4-6-15/h2-6,16-18H,7-14H2,1H3/t16-,18?/m0/s1. The van der Waals surface area contributed by atoms with Crippen molar-refractivity contribution in [3.05, 3.63) is 35.9 Å². The van der Waals surface area contributed by atoms with Crippen molar-refractivity contribution < 1.29 is 14.3 Å². The first kappa shape index (κ1) is 16.5. The Balaban J connectivity index is 1.45. The summed E-state index contributed by atoms with van der Waals surface area (Å²) in [6.07, 6.45) is 5.19. The maximum atomic E-state index is 12.3. The fourth-order valence-corrected chi connectivity index (χ4v) is 3.78. The molecule has 0 N–H and O–H groups in total. The van der Waals surface area contributed by atoms with Crippen LogP contribution in [0.1, 0.15) is 37.7 Å². The highest BCUT2D eigenvalue weighted by Crippen LogP contribution is 2.32. The van der Waals surface area contributed by atoms with Gasteiger partial charge in [-0.25, -0.2) is 0 Å². The van der Waals surface area contributed by atoms with E-state index in [1.165, 1.54) is 0 Å². The number of rotatable bonds is 5. The Labute approximate surface area is 138 Å². The highest BCUT2D eigenvalue weighted by Gasteiger charge is 2.35. The molecule has 0 amide bonds. The summed E-state index contributed by atoms with van der Waals surface area (Å²) in [6, 6.07) is 11.0. The Kier molecular flexibility index (Phi) is 5.68. The maximum Gasteiger partial charge on any atom is 0.309 e. The molecule has 1 heterocycles. The largest absolute Gasteiger partial charge is 0.461 e. The van der Waals surface area contributed by atoms with Gasteiger partial charge in [0.25, 0.3) is 0 Å². The van der Waals surface area contributed by atoms with Gasteiger partial charge in [0.1, 0.15) is 6.61 Å². The van der Waals surface area contributed by atoms with Crippen LogP contribution in [0.15, 0.2) is 30.3 Å². The average Bonchev–Trinajstić information content (AvgIpc) is 3.11. The van der Waals surface area contributed by atoms with Gasteiger partial charge in [0, 0.05) is 25.3 Å². The number of carbonyl (C=O) groups excluding carboxylic acids is 1. The summed E-state index contributed by atoms with van der Waals surface area (Å²) in [7, 11) is 2.21. The van der Waals surface area contributed by atoms with Crippen molar-refractivity contribution in [3.63, 3.8) is 0 Å². The van der Waals surface area contributed by atoms with E-state index in [0.717, 1.165) is 50.9 Å². The molecule has 23 heavy (non-hydrogen) atoms. The molecule has 0 spiro atoms. The van der Waals surface area contributed by atoms with Gasteiger partial charge < -0.3 is 14.4 Å². The van der Waals surface area contributed by atoms with Gasteiger partial charge in [-0.15, -0.1) is 0 Å². The van der Waals surface area contributed by atoms with Crippen molar-refractivity contribution in [2.45, 2.75) is 50.8 Å². The fraction of sp³-hybridized carbons (Fsp3) is 0.632. The van der Waals surface area contributed by atoms with E-state index >= 15 is 0 Å². The van der Waals surface area contributed by atoms with E-state index in [2.05, 4.69) is 11.9 Å². The topological polar surface area (TPSA) is 38.8 Å². The number of carbonyl (C=O) groups is 1. The first-order valence-electron chi connectivity index (χ1n) is 8.74. The van der Waals surface area contributed by atoms with Crippen molar-refractivity contribution >= 4 is 5.97 Å². The zero-order valence-electron chi connectivity index (χ0n) is 13.9. The average molecular weight is 317 g/mol. The van der Waals surface area contributed by atoms with E-state index in [1.807, 2.05) is 30.3 Å². The number of hydrogen-bond acceptors (Lipinski definition) is 4. The molecule has 0 radical (unpaired) electrons. The Morgan fingerprint density at radius 2 is 1.87 bits per heavy atom. The van der Waals surface area contributed by atoms with Crippen molar-refractivity contribution in [3.8, 4) is 0 Å². The van der Waals surface area contributed by atoms with Crippen LogP contribution in [0.4, 0.5) is 0 Å². The van der Waals surface area contributed by atoms with Crippen LogP contribution < -0.4 is 0 Å². The van der Waals surface area contributed by atoms with Crippen LogP contribution in [0.25, 0.3) is 0 Å². The molecule has 1 saturated carbocycles. The maximum absolute atomic E-state index is 12.3. The number of hydrogen-bond donors (Lipinski definition) is 0. The molecule has 0 bridgehead atoms. The first-order valence-corrected chi connectivity index (χ1v) is 8.74. The summed E-state index contributed by atoms with van der Waals surface area (Å²) in [5.74, 6) is 0.0303. The molecule has 126 valence electrons. The SMILES string of the molecule is CN(C1CCOCC1)C1CC[C@H](C(=O)OCc2ccccc2)C1. The molecule has 2 atom stereocenters. The Morgan fingerprint density at radius 3 is 2.61 bits per heavy atom. The second-order valence-electron chi connectivity index (χ2n) is 6.77. The van der Waals surface area contributed by atoms with Gasteiger partial charge in [-0.2, -0.15) is 0 Å². The van der Waals surface area contributed by atoms with Crippen molar-refractivity contribution in [1.82, 2.24) is 4.90 Å². The van der Waals surface area contributed by atoms with Crippen LogP contribution in [-0.2, 0) is 20.9 Å². The summed E-state index contributed by atoms with van der Waals surface area (Å²) in [5.41, 5.74) is 1.05. The summed E-state index contributed by atoms with van der Waals surface area (Å²) in [4.78, 5) is 14.8. The zero-order chi connectivity index (χ0) is 16.1. The predicted molar refractivity (Wildman–Crippen MR) is 89.0 cm³/mol. The quantitative estimate of drug-likeness (QED) is 0.783. The summed E-state index contributed by atoms with van der Waals surface area (Å²) >= 11 is 0. The third kappa shape index (κ3) is 4.33. The van der Waals surface area contributed by atoms with Crippen LogP contribution in [0.2, 0.25) is 0 Å². The minimum Gasteiger partial charge on any atom is -0.461 e. The molecule has 1 unspecified atom stereocenters.